The smallest absolute Gasteiger partial charge is 0.262 e. The predicted octanol–water partition coefficient (Wildman–Crippen LogP) is -0.175. The first-order valence-electron chi connectivity index (χ1n) is 6.59. The number of nitrogens with zero attached hydrogens (tertiary/aromatic N) is 1. The van der Waals surface area contributed by atoms with Crippen LogP contribution in [0.25, 0.3) is 0 Å². The minimum atomic E-state index is -1.28. The first-order valence-corrected chi connectivity index (χ1v) is 8.15. The lowest BCUT2D eigenvalue weighted by atomic mass is 10.0. The van der Waals surface area contributed by atoms with Crippen molar-refractivity contribution in [3.63, 3.8) is 0 Å². The molecule has 2 aliphatic rings. The second kappa shape index (κ2) is 5.13. The number of carbonyl (C=O) groups excluding carboxylic acids is 4. The van der Waals surface area contributed by atoms with Crippen molar-refractivity contribution in [3.8, 4) is 0 Å². The lowest BCUT2D eigenvalue weighted by Crippen LogP contribution is -2.54. The van der Waals surface area contributed by atoms with Crippen molar-refractivity contribution in [1.29, 1.82) is 0 Å². The summed E-state index contributed by atoms with van der Waals surface area (Å²) in [5, 5.41) is 2.13. The number of amides is 4. The summed E-state index contributed by atoms with van der Waals surface area (Å²) in [6.45, 7) is 0. The molecule has 0 bridgehead atoms. The molecule has 1 N–H and O–H groups in total. The molecular formula is C14H12N2O5S. The number of benzene rings is 1. The van der Waals surface area contributed by atoms with Gasteiger partial charge in [0.25, 0.3) is 11.8 Å². The normalized spacial score (nSPS) is 22.6. The molecule has 0 spiro atoms. The molecule has 4 amide bonds. The van der Waals surface area contributed by atoms with Crippen molar-refractivity contribution in [2.45, 2.75) is 23.8 Å². The van der Waals surface area contributed by atoms with Gasteiger partial charge < -0.3 is 0 Å². The van der Waals surface area contributed by atoms with Crippen molar-refractivity contribution in [2.24, 2.45) is 0 Å². The third kappa shape index (κ3) is 2.16. The van der Waals surface area contributed by atoms with Crippen LogP contribution < -0.4 is 5.32 Å². The van der Waals surface area contributed by atoms with E-state index in [0.29, 0.717) is 4.90 Å². The summed E-state index contributed by atoms with van der Waals surface area (Å²) in [5.74, 6) is -2.23. The number of imide groups is 2. The zero-order valence-corrected chi connectivity index (χ0v) is 12.4. The molecule has 22 heavy (non-hydrogen) atoms. The second-order valence-electron chi connectivity index (χ2n) is 5.11. The summed E-state index contributed by atoms with van der Waals surface area (Å²) < 4.78 is 11.5. The fourth-order valence-corrected chi connectivity index (χ4v) is 3.17. The Kier molecular flexibility index (Phi) is 3.40. The van der Waals surface area contributed by atoms with Crippen LogP contribution in [0.3, 0.4) is 0 Å². The van der Waals surface area contributed by atoms with Crippen LogP contribution in [-0.2, 0) is 20.4 Å². The van der Waals surface area contributed by atoms with E-state index in [0.717, 1.165) is 4.90 Å². The number of rotatable bonds is 2. The van der Waals surface area contributed by atoms with Gasteiger partial charge in [-0.25, -0.2) is 0 Å². The van der Waals surface area contributed by atoms with Gasteiger partial charge >= 0.3 is 0 Å². The van der Waals surface area contributed by atoms with Gasteiger partial charge in [0.1, 0.15) is 6.04 Å². The van der Waals surface area contributed by atoms with E-state index in [4.69, 9.17) is 0 Å². The number of fused-ring (bicyclic) bond motifs is 1. The van der Waals surface area contributed by atoms with Gasteiger partial charge in [-0.1, -0.05) is 0 Å². The van der Waals surface area contributed by atoms with E-state index in [1.807, 2.05) is 0 Å². The molecule has 0 saturated carbocycles. The Morgan fingerprint density at radius 3 is 2.45 bits per heavy atom. The molecule has 1 aromatic rings. The van der Waals surface area contributed by atoms with Gasteiger partial charge in [-0.3, -0.25) is 33.6 Å². The molecule has 8 heteroatoms. The largest absolute Gasteiger partial charge is 0.295 e. The van der Waals surface area contributed by atoms with Crippen molar-refractivity contribution in [2.75, 3.05) is 6.26 Å². The number of hydrogen-bond donors (Lipinski definition) is 1. The fraction of sp³-hybridized carbons (Fsp3) is 0.286. The highest BCUT2D eigenvalue weighted by Gasteiger charge is 2.44. The Balaban J connectivity index is 1.98. The van der Waals surface area contributed by atoms with Gasteiger partial charge in [0.15, 0.2) is 0 Å². The minimum absolute atomic E-state index is 0.0774. The van der Waals surface area contributed by atoms with Crippen molar-refractivity contribution >= 4 is 34.4 Å². The van der Waals surface area contributed by atoms with Gasteiger partial charge in [-0.15, -0.1) is 0 Å². The predicted molar refractivity (Wildman–Crippen MR) is 75.4 cm³/mol. The molecule has 114 valence electrons. The van der Waals surface area contributed by atoms with Crippen molar-refractivity contribution in [1.82, 2.24) is 10.2 Å². The average molecular weight is 320 g/mol. The van der Waals surface area contributed by atoms with E-state index in [2.05, 4.69) is 5.32 Å². The summed E-state index contributed by atoms with van der Waals surface area (Å²) in [6, 6.07) is 3.39. The highest BCUT2D eigenvalue weighted by atomic mass is 32.2. The van der Waals surface area contributed by atoms with Crippen LogP contribution in [0.1, 0.15) is 33.6 Å². The SMILES string of the molecule is CS(=O)c1ccc2c(c1)C(=O)N(C1CCC(=O)NC1=O)C2=O. The molecule has 2 aliphatic heterocycles. The maximum Gasteiger partial charge on any atom is 0.262 e. The molecule has 0 aromatic heterocycles. The standard InChI is InChI=1S/C14H12N2O5S/c1-22(21)7-2-3-8-9(6-7)14(20)16(13(8)19)10-4-5-11(17)15-12(10)18/h2-3,6,10H,4-5H2,1H3,(H,15,17,18). The maximum atomic E-state index is 12.4. The highest BCUT2D eigenvalue weighted by molar-refractivity contribution is 7.84. The Bertz CT molecular complexity index is 758. The zero-order valence-electron chi connectivity index (χ0n) is 11.6. The second-order valence-corrected chi connectivity index (χ2v) is 6.49. The van der Waals surface area contributed by atoms with Gasteiger partial charge in [0, 0.05) is 28.4 Å². The van der Waals surface area contributed by atoms with Crippen molar-refractivity contribution < 1.29 is 23.4 Å². The average Bonchev–Trinajstić information content (AvgIpc) is 2.71. The lowest BCUT2D eigenvalue weighted by Gasteiger charge is -2.27. The molecule has 2 heterocycles. The highest BCUT2D eigenvalue weighted by Crippen LogP contribution is 2.28. The Morgan fingerprint density at radius 2 is 1.82 bits per heavy atom. The van der Waals surface area contributed by atoms with Crippen LogP contribution in [-0.4, -0.2) is 45.0 Å². The number of carbonyl (C=O) groups is 4. The van der Waals surface area contributed by atoms with Crippen LogP contribution in [0.4, 0.5) is 0 Å². The Hall–Kier alpha value is -2.35. The number of piperidine rings is 1. The quantitative estimate of drug-likeness (QED) is 0.762. The summed E-state index contributed by atoms with van der Waals surface area (Å²) in [5.41, 5.74) is 0.325. The molecule has 2 atom stereocenters. The number of hydrogen-bond acceptors (Lipinski definition) is 5. The summed E-state index contributed by atoms with van der Waals surface area (Å²) in [6.07, 6.45) is 1.66. The monoisotopic (exact) mass is 320 g/mol. The van der Waals surface area contributed by atoms with Crippen LogP contribution in [0.15, 0.2) is 23.1 Å². The van der Waals surface area contributed by atoms with Gasteiger partial charge in [0.05, 0.1) is 11.1 Å². The molecule has 0 radical (unpaired) electrons. The first kappa shape index (κ1) is 14.6. The van der Waals surface area contributed by atoms with E-state index in [9.17, 15) is 23.4 Å². The first-order chi connectivity index (χ1) is 10.4. The third-order valence-electron chi connectivity index (χ3n) is 3.74. The zero-order chi connectivity index (χ0) is 16.0. The maximum absolute atomic E-state index is 12.4. The molecular weight excluding hydrogens is 308 g/mol. The van der Waals surface area contributed by atoms with Crippen LogP contribution >= 0.6 is 0 Å². The van der Waals surface area contributed by atoms with Gasteiger partial charge in [-0.2, -0.15) is 0 Å². The molecule has 1 aromatic carbocycles. The molecule has 7 nitrogen and oxygen atoms in total. The Morgan fingerprint density at radius 1 is 1.14 bits per heavy atom. The van der Waals surface area contributed by atoms with Gasteiger partial charge in [0.2, 0.25) is 11.8 Å². The van der Waals surface area contributed by atoms with Crippen LogP contribution in [0.5, 0.6) is 0 Å². The fourth-order valence-electron chi connectivity index (χ4n) is 2.63. The molecule has 0 aliphatic carbocycles. The van der Waals surface area contributed by atoms with E-state index in [1.54, 1.807) is 0 Å². The van der Waals surface area contributed by atoms with Gasteiger partial charge in [-0.05, 0) is 24.6 Å². The van der Waals surface area contributed by atoms with E-state index in [-0.39, 0.29) is 24.0 Å². The van der Waals surface area contributed by atoms with E-state index in [1.165, 1.54) is 24.5 Å². The van der Waals surface area contributed by atoms with E-state index < -0.39 is 40.5 Å². The topological polar surface area (TPSA) is 101 Å². The summed E-state index contributed by atoms with van der Waals surface area (Å²) in [4.78, 5) is 49.2. The molecule has 1 saturated heterocycles. The lowest BCUT2D eigenvalue weighted by molar-refractivity contribution is -0.136. The van der Waals surface area contributed by atoms with E-state index >= 15 is 0 Å². The van der Waals surface area contributed by atoms with Crippen LogP contribution in [0.2, 0.25) is 0 Å². The number of nitrogens with one attached hydrogen (secondary N) is 1. The molecule has 3 rings (SSSR count). The Labute approximate surface area is 128 Å². The molecule has 2 unspecified atom stereocenters. The summed E-state index contributed by atoms with van der Waals surface area (Å²) >= 11 is 0. The van der Waals surface area contributed by atoms with Crippen molar-refractivity contribution in [3.05, 3.63) is 29.3 Å². The molecule has 1 fully saturated rings. The summed E-state index contributed by atoms with van der Waals surface area (Å²) in [7, 11) is -1.28. The van der Waals surface area contributed by atoms with Crippen LogP contribution in [0, 0.1) is 0 Å². The third-order valence-corrected chi connectivity index (χ3v) is 4.66. The minimum Gasteiger partial charge on any atom is -0.295 e.